The molecule has 0 radical (unpaired) electrons. The molecule has 23 heavy (non-hydrogen) atoms. The Morgan fingerprint density at radius 3 is 2.91 bits per heavy atom. The highest BCUT2D eigenvalue weighted by Gasteiger charge is 2.10. The molecular weight excluding hydrogens is 312 g/mol. The van der Waals surface area contributed by atoms with Crippen molar-refractivity contribution < 1.29 is 4.42 Å². The van der Waals surface area contributed by atoms with Crippen LogP contribution >= 0.6 is 11.6 Å². The van der Waals surface area contributed by atoms with Gasteiger partial charge in [0.2, 0.25) is 0 Å². The van der Waals surface area contributed by atoms with Crippen LogP contribution in [0.1, 0.15) is 5.56 Å². The van der Waals surface area contributed by atoms with Crippen molar-refractivity contribution in [1.82, 2.24) is 14.6 Å². The summed E-state index contributed by atoms with van der Waals surface area (Å²) in [6.45, 7) is 0.643. The van der Waals surface area contributed by atoms with Crippen LogP contribution in [0.15, 0.2) is 65.4 Å². The van der Waals surface area contributed by atoms with E-state index in [2.05, 4.69) is 15.4 Å². The molecule has 0 aliphatic heterocycles. The number of hydrogen-bond acceptors (Lipinski definition) is 4. The standard InChI is InChI=1S/C17H13ClN4O/c18-13-4-1-3-12(9-13)10-19-16-6-7-17-20-11-14(22(17)21-16)15-5-2-8-23-15/h1-9,11H,10H2,(H,19,21). The van der Waals surface area contributed by atoms with E-state index in [1.54, 1.807) is 17.0 Å². The highest BCUT2D eigenvalue weighted by Crippen LogP contribution is 2.21. The maximum Gasteiger partial charge on any atom is 0.154 e. The monoisotopic (exact) mass is 324 g/mol. The smallest absolute Gasteiger partial charge is 0.154 e. The van der Waals surface area contributed by atoms with Crippen molar-refractivity contribution in [2.24, 2.45) is 0 Å². The molecule has 0 saturated carbocycles. The van der Waals surface area contributed by atoms with Crippen LogP contribution in [0.5, 0.6) is 0 Å². The van der Waals surface area contributed by atoms with Gasteiger partial charge in [-0.25, -0.2) is 9.50 Å². The van der Waals surface area contributed by atoms with Crippen LogP contribution in [0.2, 0.25) is 5.02 Å². The summed E-state index contributed by atoms with van der Waals surface area (Å²) in [5, 5.41) is 8.60. The summed E-state index contributed by atoms with van der Waals surface area (Å²) in [6.07, 6.45) is 3.39. The Hall–Kier alpha value is -2.79. The van der Waals surface area contributed by atoms with E-state index in [1.807, 2.05) is 48.5 Å². The van der Waals surface area contributed by atoms with Gasteiger partial charge in [-0.1, -0.05) is 23.7 Å². The maximum absolute atomic E-state index is 6.00. The largest absolute Gasteiger partial charge is 0.463 e. The normalized spacial score (nSPS) is 11.0. The van der Waals surface area contributed by atoms with Crippen LogP contribution < -0.4 is 5.32 Å². The number of hydrogen-bond donors (Lipinski definition) is 1. The first-order valence-corrected chi connectivity index (χ1v) is 7.54. The molecule has 3 aromatic heterocycles. The SMILES string of the molecule is Clc1cccc(CNc2ccc3ncc(-c4ccco4)n3n2)c1. The number of anilines is 1. The predicted octanol–water partition coefficient (Wildman–Crippen LogP) is 4.25. The summed E-state index contributed by atoms with van der Waals surface area (Å²) >= 11 is 6.00. The van der Waals surface area contributed by atoms with Crippen molar-refractivity contribution in [3.8, 4) is 11.5 Å². The van der Waals surface area contributed by atoms with E-state index in [9.17, 15) is 0 Å². The Balaban J connectivity index is 1.62. The predicted molar refractivity (Wildman–Crippen MR) is 89.5 cm³/mol. The average Bonchev–Trinajstić information content (AvgIpc) is 3.21. The molecule has 4 aromatic rings. The Morgan fingerprint density at radius 2 is 2.09 bits per heavy atom. The molecule has 0 unspecified atom stereocenters. The van der Waals surface area contributed by atoms with Gasteiger partial charge >= 0.3 is 0 Å². The van der Waals surface area contributed by atoms with E-state index in [-0.39, 0.29) is 0 Å². The number of furan rings is 1. The molecule has 0 atom stereocenters. The first kappa shape index (κ1) is 13.8. The van der Waals surface area contributed by atoms with Crippen molar-refractivity contribution >= 4 is 23.1 Å². The molecule has 1 N–H and O–H groups in total. The number of nitrogens with zero attached hydrogens (tertiary/aromatic N) is 3. The van der Waals surface area contributed by atoms with Crippen LogP contribution in [-0.4, -0.2) is 14.6 Å². The molecule has 0 saturated heterocycles. The Morgan fingerprint density at radius 1 is 1.13 bits per heavy atom. The summed E-state index contributed by atoms with van der Waals surface area (Å²) in [7, 11) is 0. The van der Waals surface area contributed by atoms with Gasteiger partial charge in [0.25, 0.3) is 0 Å². The fourth-order valence-corrected chi connectivity index (χ4v) is 2.61. The van der Waals surface area contributed by atoms with E-state index in [0.29, 0.717) is 6.54 Å². The number of fused-ring (bicyclic) bond motifs is 1. The zero-order valence-corrected chi connectivity index (χ0v) is 12.9. The number of halogens is 1. The molecule has 3 heterocycles. The van der Waals surface area contributed by atoms with Crippen molar-refractivity contribution in [2.75, 3.05) is 5.32 Å². The minimum Gasteiger partial charge on any atom is -0.463 e. The van der Waals surface area contributed by atoms with Gasteiger partial charge in [0.15, 0.2) is 11.4 Å². The summed E-state index contributed by atoms with van der Waals surface area (Å²) < 4.78 is 7.20. The van der Waals surface area contributed by atoms with Crippen molar-refractivity contribution in [2.45, 2.75) is 6.54 Å². The van der Waals surface area contributed by atoms with Crippen LogP contribution in [0, 0.1) is 0 Å². The van der Waals surface area contributed by atoms with Gasteiger partial charge in [0, 0.05) is 11.6 Å². The molecule has 0 amide bonds. The lowest BCUT2D eigenvalue weighted by Crippen LogP contribution is -2.04. The summed E-state index contributed by atoms with van der Waals surface area (Å²) in [6, 6.07) is 15.3. The average molecular weight is 325 g/mol. The minimum atomic E-state index is 0.643. The van der Waals surface area contributed by atoms with Gasteiger partial charge in [-0.2, -0.15) is 0 Å². The lowest BCUT2D eigenvalue weighted by molar-refractivity contribution is 0.578. The topological polar surface area (TPSA) is 55.4 Å². The van der Waals surface area contributed by atoms with Crippen LogP contribution in [-0.2, 0) is 6.54 Å². The molecule has 4 rings (SSSR count). The number of imidazole rings is 1. The molecule has 0 aliphatic carbocycles. The number of aromatic nitrogens is 3. The zero-order chi connectivity index (χ0) is 15.6. The van der Waals surface area contributed by atoms with Crippen LogP contribution in [0.3, 0.4) is 0 Å². The summed E-state index contributed by atoms with van der Waals surface area (Å²) in [5.41, 5.74) is 2.68. The minimum absolute atomic E-state index is 0.643. The van der Waals surface area contributed by atoms with Gasteiger partial charge in [-0.05, 0) is 42.0 Å². The molecule has 6 heteroatoms. The molecule has 1 aromatic carbocycles. The summed E-state index contributed by atoms with van der Waals surface area (Å²) in [5.74, 6) is 1.49. The van der Waals surface area contributed by atoms with Gasteiger partial charge in [-0.15, -0.1) is 5.10 Å². The molecule has 114 valence electrons. The second-order valence-electron chi connectivity index (χ2n) is 5.09. The molecule has 0 aliphatic rings. The van der Waals surface area contributed by atoms with E-state index in [1.165, 1.54) is 0 Å². The zero-order valence-electron chi connectivity index (χ0n) is 12.1. The van der Waals surface area contributed by atoms with Gasteiger partial charge in [0.1, 0.15) is 11.5 Å². The molecule has 0 bridgehead atoms. The van der Waals surface area contributed by atoms with E-state index in [4.69, 9.17) is 16.0 Å². The Kier molecular flexibility index (Phi) is 3.48. The lowest BCUT2D eigenvalue weighted by atomic mass is 10.2. The second kappa shape index (κ2) is 5.78. The lowest BCUT2D eigenvalue weighted by Gasteiger charge is -2.07. The van der Waals surface area contributed by atoms with E-state index >= 15 is 0 Å². The molecule has 0 spiro atoms. The van der Waals surface area contributed by atoms with Crippen LogP contribution in [0.4, 0.5) is 5.82 Å². The van der Waals surface area contributed by atoms with Gasteiger partial charge < -0.3 is 9.73 Å². The maximum atomic E-state index is 6.00. The Labute approximate surface area is 137 Å². The van der Waals surface area contributed by atoms with E-state index < -0.39 is 0 Å². The van der Waals surface area contributed by atoms with Crippen molar-refractivity contribution in [3.05, 3.63) is 71.6 Å². The van der Waals surface area contributed by atoms with Gasteiger partial charge in [-0.3, -0.25) is 0 Å². The number of rotatable bonds is 4. The fraction of sp³-hybridized carbons (Fsp3) is 0.0588. The summed E-state index contributed by atoms with van der Waals surface area (Å²) in [4.78, 5) is 4.34. The quantitative estimate of drug-likeness (QED) is 0.609. The fourth-order valence-electron chi connectivity index (χ4n) is 2.40. The first-order chi connectivity index (χ1) is 11.3. The third-order valence-electron chi connectivity index (χ3n) is 3.50. The molecule has 5 nitrogen and oxygen atoms in total. The van der Waals surface area contributed by atoms with E-state index in [0.717, 1.165) is 33.5 Å². The highest BCUT2D eigenvalue weighted by atomic mass is 35.5. The second-order valence-corrected chi connectivity index (χ2v) is 5.53. The highest BCUT2D eigenvalue weighted by molar-refractivity contribution is 6.30. The number of nitrogens with one attached hydrogen (secondary N) is 1. The van der Waals surface area contributed by atoms with Crippen molar-refractivity contribution in [3.63, 3.8) is 0 Å². The third kappa shape index (κ3) is 2.78. The van der Waals surface area contributed by atoms with Crippen LogP contribution in [0.25, 0.3) is 17.1 Å². The van der Waals surface area contributed by atoms with Gasteiger partial charge in [0.05, 0.1) is 12.5 Å². The number of benzene rings is 1. The first-order valence-electron chi connectivity index (χ1n) is 7.16. The molecular formula is C17H13ClN4O. The van der Waals surface area contributed by atoms with Crippen molar-refractivity contribution in [1.29, 1.82) is 0 Å². The Bertz CT molecular complexity index is 946. The third-order valence-corrected chi connectivity index (χ3v) is 3.73. The molecule has 0 fully saturated rings.